The van der Waals surface area contributed by atoms with Crippen molar-refractivity contribution in [1.29, 1.82) is 0 Å². The largest absolute Gasteiger partial charge is 0.318 e. The van der Waals surface area contributed by atoms with Crippen LogP contribution in [0.5, 0.6) is 0 Å². The average molecular weight is 506 g/mol. The Balaban J connectivity index is 1.58. The third-order valence-corrected chi connectivity index (χ3v) is 7.43. The highest BCUT2D eigenvalue weighted by molar-refractivity contribution is 7.16. The van der Waals surface area contributed by atoms with Gasteiger partial charge >= 0.3 is 0 Å². The quantitative estimate of drug-likeness (QED) is 0.325. The summed E-state index contributed by atoms with van der Waals surface area (Å²) in [6.07, 6.45) is 3.96. The van der Waals surface area contributed by atoms with Crippen molar-refractivity contribution in [3.63, 3.8) is 0 Å². The monoisotopic (exact) mass is 505 g/mol. The van der Waals surface area contributed by atoms with Gasteiger partial charge in [-0.1, -0.05) is 43.3 Å². The Hall–Kier alpha value is -4.43. The van der Waals surface area contributed by atoms with Crippen molar-refractivity contribution in [3.05, 3.63) is 117 Å². The van der Waals surface area contributed by atoms with Gasteiger partial charge in [-0.3, -0.25) is 14.2 Å². The number of hydrogen-bond donors (Lipinski definition) is 0. The van der Waals surface area contributed by atoms with E-state index < -0.39 is 0 Å². The van der Waals surface area contributed by atoms with Crippen molar-refractivity contribution in [2.75, 3.05) is 0 Å². The lowest BCUT2D eigenvalue weighted by molar-refractivity contribution is 0.687. The molecule has 0 saturated heterocycles. The van der Waals surface area contributed by atoms with E-state index in [-0.39, 0.29) is 17.0 Å². The second kappa shape index (κ2) is 9.22. The van der Waals surface area contributed by atoms with E-state index >= 15 is 0 Å². The maximum absolute atomic E-state index is 14.3. The lowest BCUT2D eigenvalue weighted by Gasteiger charge is -2.21. The summed E-state index contributed by atoms with van der Waals surface area (Å²) in [5.41, 5.74) is 6.56. The number of fused-ring (bicyclic) bond motifs is 2. The van der Waals surface area contributed by atoms with Gasteiger partial charge in [-0.15, -0.1) is 11.3 Å². The standard InChI is InChI=1S/C29H23N5O2S/c1-18(13-23-27-28(31-16-30-23)37-17-32-27)24-14-19-7-6-10-22(20-11-12-25(35)33(2)15-20)26(19)29(36)34(24)21-8-4-3-5-9-21/h3-12,14-18H,13H2,1-2H3/t18-/m1/s1. The van der Waals surface area contributed by atoms with Crippen LogP contribution in [0, 0.1) is 0 Å². The van der Waals surface area contributed by atoms with Crippen molar-refractivity contribution in [3.8, 4) is 16.8 Å². The van der Waals surface area contributed by atoms with Gasteiger partial charge in [-0.05, 0) is 40.8 Å². The lowest BCUT2D eigenvalue weighted by Crippen LogP contribution is -2.24. The number of thiazole rings is 1. The number of rotatable bonds is 5. The van der Waals surface area contributed by atoms with Crippen LogP contribution in [0.25, 0.3) is 37.9 Å². The Morgan fingerprint density at radius 3 is 2.59 bits per heavy atom. The summed E-state index contributed by atoms with van der Waals surface area (Å²) >= 11 is 1.49. The van der Waals surface area contributed by atoms with Crippen LogP contribution in [0.1, 0.15) is 24.2 Å². The molecule has 6 rings (SSSR count). The first-order valence-electron chi connectivity index (χ1n) is 12.0. The van der Waals surface area contributed by atoms with Crippen molar-refractivity contribution >= 4 is 32.5 Å². The number of benzene rings is 2. The molecule has 2 aromatic carbocycles. The smallest absolute Gasteiger partial charge is 0.263 e. The molecule has 0 aliphatic rings. The molecule has 8 heteroatoms. The van der Waals surface area contributed by atoms with Crippen molar-refractivity contribution < 1.29 is 0 Å². The van der Waals surface area contributed by atoms with Crippen molar-refractivity contribution in [2.45, 2.75) is 19.3 Å². The number of aromatic nitrogens is 5. The molecule has 4 heterocycles. The number of para-hydroxylation sites is 1. The predicted molar refractivity (Wildman–Crippen MR) is 148 cm³/mol. The summed E-state index contributed by atoms with van der Waals surface area (Å²) in [5.74, 6) is -0.0293. The van der Waals surface area contributed by atoms with Crippen LogP contribution in [0.15, 0.2) is 94.4 Å². The molecule has 0 radical (unpaired) electrons. The molecule has 0 aliphatic heterocycles. The fourth-order valence-electron chi connectivity index (χ4n) is 4.87. The van der Waals surface area contributed by atoms with E-state index in [4.69, 9.17) is 0 Å². The Labute approximate surface area is 216 Å². The van der Waals surface area contributed by atoms with Gasteiger partial charge in [0.2, 0.25) is 5.56 Å². The molecule has 1 atom stereocenters. The highest BCUT2D eigenvalue weighted by Gasteiger charge is 2.20. The van der Waals surface area contributed by atoms with Gasteiger partial charge in [0.05, 0.1) is 16.6 Å². The van der Waals surface area contributed by atoms with Crippen LogP contribution in [0.3, 0.4) is 0 Å². The van der Waals surface area contributed by atoms with Crippen molar-refractivity contribution in [2.24, 2.45) is 7.05 Å². The topological polar surface area (TPSA) is 82.7 Å². The molecule has 0 spiro atoms. The first-order valence-corrected chi connectivity index (χ1v) is 12.8. The molecule has 0 aliphatic carbocycles. The Morgan fingerprint density at radius 2 is 1.78 bits per heavy atom. The van der Waals surface area contributed by atoms with E-state index in [0.717, 1.165) is 43.9 Å². The SMILES string of the molecule is C[C@H](Cc1ncnc2scnc12)c1cc2cccc(-c3ccc(=O)n(C)c3)c2c(=O)n1-c1ccccc1. The second-order valence-corrected chi connectivity index (χ2v) is 9.95. The zero-order chi connectivity index (χ0) is 25.5. The zero-order valence-electron chi connectivity index (χ0n) is 20.3. The van der Waals surface area contributed by atoms with Gasteiger partial charge in [-0.25, -0.2) is 15.0 Å². The molecule has 4 aromatic heterocycles. The van der Waals surface area contributed by atoms with Crippen LogP contribution in [0.4, 0.5) is 0 Å². The van der Waals surface area contributed by atoms with Gasteiger partial charge < -0.3 is 4.57 Å². The third kappa shape index (κ3) is 4.05. The Bertz CT molecular complexity index is 1890. The molecule has 0 fully saturated rings. The van der Waals surface area contributed by atoms with Gasteiger partial charge in [0, 0.05) is 43.0 Å². The minimum Gasteiger partial charge on any atom is -0.318 e. The highest BCUT2D eigenvalue weighted by Crippen LogP contribution is 2.31. The molecule has 0 saturated carbocycles. The Morgan fingerprint density at radius 1 is 0.946 bits per heavy atom. The third-order valence-electron chi connectivity index (χ3n) is 6.70. The molecule has 7 nitrogen and oxygen atoms in total. The molecule has 6 aromatic rings. The van der Waals surface area contributed by atoms with Crippen molar-refractivity contribution in [1.82, 2.24) is 24.1 Å². The summed E-state index contributed by atoms with van der Waals surface area (Å²) < 4.78 is 3.33. The summed E-state index contributed by atoms with van der Waals surface area (Å²) in [4.78, 5) is 40.4. The first kappa shape index (κ1) is 23.0. The maximum atomic E-state index is 14.3. The maximum Gasteiger partial charge on any atom is 0.263 e. The van der Waals surface area contributed by atoms with E-state index in [1.165, 1.54) is 22.0 Å². The normalized spacial score (nSPS) is 12.3. The molecular formula is C29H23N5O2S. The van der Waals surface area contributed by atoms with Crippen LogP contribution in [-0.4, -0.2) is 24.1 Å². The van der Waals surface area contributed by atoms with E-state index in [2.05, 4.69) is 27.9 Å². The van der Waals surface area contributed by atoms with Crippen LogP contribution < -0.4 is 11.1 Å². The van der Waals surface area contributed by atoms with Gasteiger partial charge in [0.1, 0.15) is 16.7 Å². The van der Waals surface area contributed by atoms with Gasteiger partial charge in [0.25, 0.3) is 5.56 Å². The first-order chi connectivity index (χ1) is 18.0. The van der Waals surface area contributed by atoms with Crippen LogP contribution in [0.2, 0.25) is 0 Å². The van der Waals surface area contributed by atoms with E-state index in [9.17, 15) is 9.59 Å². The molecular weight excluding hydrogens is 482 g/mol. The molecule has 0 amide bonds. The average Bonchev–Trinajstić information content (AvgIpc) is 3.40. The van der Waals surface area contributed by atoms with E-state index in [1.54, 1.807) is 35.7 Å². The molecule has 0 N–H and O–H groups in total. The number of hydrogen-bond acceptors (Lipinski definition) is 6. The van der Waals surface area contributed by atoms with E-state index in [0.29, 0.717) is 11.8 Å². The molecule has 0 unspecified atom stereocenters. The second-order valence-electron chi connectivity index (χ2n) is 9.11. The fraction of sp³-hybridized carbons (Fsp3) is 0.138. The zero-order valence-corrected chi connectivity index (χ0v) is 21.1. The van der Waals surface area contributed by atoms with Crippen LogP contribution in [-0.2, 0) is 13.5 Å². The molecule has 0 bridgehead atoms. The fourth-order valence-corrected chi connectivity index (χ4v) is 5.52. The van der Waals surface area contributed by atoms with Crippen LogP contribution >= 0.6 is 11.3 Å². The lowest BCUT2D eigenvalue weighted by atomic mass is 9.95. The summed E-state index contributed by atoms with van der Waals surface area (Å²) in [6.45, 7) is 2.11. The van der Waals surface area contributed by atoms with Gasteiger partial charge in [0.15, 0.2) is 0 Å². The summed E-state index contributed by atoms with van der Waals surface area (Å²) in [6, 6.07) is 20.9. The minimum atomic E-state index is -0.100. The Kier molecular flexibility index (Phi) is 5.73. The minimum absolute atomic E-state index is 0.0293. The highest BCUT2D eigenvalue weighted by atomic mass is 32.1. The number of nitrogens with zero attached hydrogens (tertiary/aromatic N) is 5. The predicted octanol–water partition coefficient (Wildman–Crippen LogP) is 5.10. The number of pyridine rings is 2. The summed E-state index contributed by atoms with van der Waals surface area (Å²) in [7, 11) is 1.71. The van der Waals surface area contributed by atoms with E-state index in [1.807, 2.05) is 48.5 Å². The molecule has 182 valence electrons. The summed E-state index contributed by atoms with van der Waals surface area (Å²) in [5, 5.41) is 1.47. The number of aryl methyl sites for hydroxylation is 1. The molecule has 37 heavy (non-hydrogen) atoms. The van der Waals surface area contributed by atoms with Gasteiger partial charge in [-0.2, -0.15) is 0 Å².